The van der Waals surface area contributed by atoms with Crippen LogP contribution in [0.3, 0.4) is 0 Å². The van der Waals surface area contributed by atoms with Gasteiger partial charge in [-0.05, 0) is 51.6 Å². The van der Waals surface area contributed by atoms with E-state index < -0.39 is 0 Å². The summed E-state index contributed by atoms with van der Waals surface area (Å²) in [5.74, 6) is 0. The first-order valence-electron chi connectivity index (χ1n) is 5.50. The largest absolute Gasteiger partial charge is 0.291 e. The summed E-state index contributed by atoms with van der Waals surface area (Å²) >= 11 is 8.01. The van der Waals surface area contributed by atoms with E-state index in [1.54, 1.807) is 11.3 Å². The molecule has 0 amide bonds. The molecule has 1 aromatic heterocycles. The Morgan fingerprint density at radius 3 is 2.73 bits per heavy atom. The minimum Gasteiger partial charge on any atom is -0.291 e. The van der Waals surface area contributed by atoms with Crippen molar-refractivity contribution in [2.24, 2.45) is 0 Å². The van der Waals surface area contributed by atoms with Gasteiger partial charge in [0.05, 0.1) is 5.02 Å². The van der Waals surface area contributed by atoms with Crippen LogP contribution in [-0.2, 0) is 0 Å². The van der Waals surface area contributed by atoms with Gasteiger partial charge in [0.1, 0.15) is 0 Å². The first-order valence-corrected chi connectivity index (χ1v) is 6.75. The highest BCUT2D eigenvalue weighted by Crippen LogP contribution is 2.42. The molecule has 0 saturated carbocycles. The second-order valence-corrected chi connectivity index (χ2v) is 6.51. The van der Waals surface area contributed by atoms with Crippen molar-refractivity contribution < 1.29 is 0 Å². The molecule has 2 rings (SSSR count). The van der Waals surface area contributed by atoms with Crippen LogP contribution in [0.2, 0.25) is 5.02 Å². The fourth-order valence-corrected chi connectivity index (χ4v) is 3.72. The molecular formula is C12H18ClNS. The SMILES string of the molecule is CC(C)(C)N1CCCC1c1sccc1Cl. The van der Waals surface area contributed by atoms with Crippen LogP contribution in [0.1, 0.15) is 44.5 Å². The van der Waals surface area contributed by atoms with E-state index >= 15 is 0 Å². The van der Waals surface area contributed by atoms with Crippen molar-refractivity contribution in [3.63, 3.8) is 0 Å². The van der Waals surface area contributed by atoms with Crippen LogP contribution in [0.25, 0.3) is 0 Å². The van der Waals surface area contributed by atoms with E-state index in [4.69, 9.17) is 11.6 Å². The van der Waals surface area contributed by atoms with Gasteiger partial charge in [0.15, 0.2) is 0 Å². The van der Waals surface area contributed by atoms with Crippen LogP contribution in [-0.4, -0.2) is 17.0 Å². The highest BCUT2D eigenvalue weighted by molar-refractivity contribution is 7.10. The van der Waals surface area contributed by atoms with Crippen molar-refractivity contribution in [3.05, 3.63) is 21.3 Å². The first kappa shape index (κ1) is 11.4. The molecule has 2 heterocycles. The van der Waals surface area contributed by atoms with Crippen LogP contribution >= 0.6 is 22.9 Å². The van der Waals surface area contributed by atoms with E-state index in [0.717, 1.165) is 5.02 Å². The summed E-state index contributed by atoms with van der Waals surface area (Å²) in [6.45, 7) is 8.05. The average molecular weight is 244 g/mol. The zero-order valence-electron chi connectivity index (χ0n) is 9.59. The van der Waals surface area contributed by atoms with Crippen molar-refractivity contribution in [3.8, 4) is 0 Å². The van der Waals surface area contributed by atoms with E-state index in [1.165, 1.54) is 24.3 Å². The van der Waals surface area contributed by atoms with E-state index in [9.17, 15) is 0 Å². The van der Waals surface area contributed by atoms with Crippen molar-refractivity contribution in [1.29, 1.82) is 0 Å². The van der Waals surface area contributed by atoms with Crippen molar-refractivity contribution in [2.45, 2.75) is 45.2 Å². The molecule has 0 spiro atoms. The lowest BCUT2D eigenvalue weighted by atomic mass is 10.0. The molecule has 15 heavy (non-hydrogen) atoms. The zero-order chi connectivity index (χ0) is 11.1. The summed E-state index contributed by atoms with van der Waals surface area (Å²) in [5.41, 5.74) is 0.245. The molecule has 1 nitrogen and oxygen atoms in total. The van der Waals surface area contributed by atoms with Crippen LogP contribution in [0, 0.1) is 0 Å². The van der Waals surface area contributed by atoms with Gasteiger partial charge < -0.3 is 0 Å². The fourth-order valence-electron chi connectivity index (χ4n) is 2.39. The molecule has 1 fully saturated rings. The third-order valence-corrected chi connectivity index (χ3v) is 4.52. The molecule has 1 aliphatic heterocycles. The van der Waals surface area contributed by atoms with Gasteiger partial charge in [0, 0.05) is 16.5 Å². The third-order valence-electron chi connectivity index (χ3n) is 3.06. The van der Waals surface area contributed by atoms with Gasteiger partial charge in [-0.1, -0.05) is 11.6 Å². The topological polar surface area (TPSA) is 3.24 Å². The van der Waals surface area contributed by atoms with Gasteiger partial charge in [-0.15, -0.1) is 11.3 Å². The highest BCUT2D eigenvalue weighted by Gasteiger charge is 2.35. The van der Waals surface area contributed by atoms with Gasteiger partial charge in [0.25, 0.3) is 0 Å². The van der Waals surface area contributed by atoms with Crippen LogP contribution in [0.5, 0.6) is 0 Å². The molecule has 1 saturated heterocycles. The van der Waals surface area contributed by atoms with Gasteiger partial charge >= 0.3 is 0 Å². The molecule has 84 valence electrons. The molecule has 1 atom stereocenters. The van der Waals surface area contributed by atoms with Crippen LogP contribution in [0.15, 0.2) is 11.4 Å². The van der Waals surface area contributed by atoms with Crippen molar-refractivity contribution in [2.75, 3.05) is 6.54 Å². The Labute approximate surface area is 101 Å². The quantitative estimate of drug-likeness (QED) is 0.710. The zero-order valence-corrected chi connectivity index (χ0v) is 11.2. The summed E-state index contributed by atoms with van der Waals surface area (Å²) in [6, 6.07) is 2.55. The Balaban J connectivity index is 2.26. The van der Waals surface area contributed by atoms with Gasteiger partial charge in [-0.2, -0.15) is 0 Å². The average Bonchev–Trinajstić information content (AvgIpc) is 2.69. The molecule has 1 unspecified atom stereocenters. The Hall–Kier alpha value is -0.0500. The lowest BCUT2D eigenvalue weighted by Gasteiger charge is -2.36. The normalized spacial score (nSPS) is 23.6. The standard InChI is InChI=1S/C12H18ClNS/c1-12(2,3)14-7-4-5-10(14)11-9(13)6-8-15-11/h6,8,10H,4-5,7H2,1-3H3. The first-order chi connectivity index (χ1) is 7.00. The predicted molar refractivity (Wildman–Crippen MR) is 67.8 cm³/mol. The summed E-state index contributed by atoms with van der Waals surface area (Å²) in [5, 5.41) is 3.04. The summed E-state index contributed by atoms with van der Waals surface area (Å²) < 4.78 is 0. The molecule has 1 aromatic rings. The minimum atomic E-state index is 0.245. The molecule has 0 bridgehead atoms. The Morgan fingerprint density at radius 2 is 2.20 bits per heavy atom. The number of hydrogen-bond donors (Lipinski definition) is 0. The van der Waals surface area contributed by atoms with E-state index in [0.29, 0.717) is 6.04 Å². The third kappa shape index (κ3) is 2.22. The molecule has 1 aliphatic rings. The number of rotatable bonds is 1. The maximum absolute atomic E-state index is 6.22. The van der Waals surface area contributed by atoms with E-state index in [2.05, 4.69) is 31.1 Å². The smallest absolute Gasteiger partial charge is 0.0561 e. The summed E-state index contributed by atoms with van der Waals surface area (Å²) in [6.07, 6.45) is 2.54. The molecule has 0 aromatic carbocycles. The highest BCUT2D eigenvalue weighted by atomic mass is 35.5. The Kier molecular flexibility index (Phi) is 3.11. The van der Waals surface area contributed by atoms with Crippen molar-refractivity contribution in [1.82, 2.24) is 4.90 Å². The van der Waals surface area contributed by atoms with Crippen molar-refractivity contribution >= 4 is 22.9 Å². The summed E-state index contributed by atoms with van der Waals surface area (Å²) in [4.78, 5) is 3.93. The molecule has 0 radical (unpaired) electrons. The minimum absolute atomic E-state index is 0.245. The molecular weight excluding hydrogens is 226 g/mol. The van der Waals surface area contributed by atoms with Gasteiger partial charge in [0.2, 0.25) is 0 Å². The lowest BCUT2D eigenvalue weighted by molar-refractivity contribution is 0.123. The maximum atomic E-state index is 6.22. The fraction of sp³-hybridized carbons (Fsp3) is 0.667. The van der Waals surface area contributed by atoms with Gasteiger partial charge in [-0.25, -0.2) is 0 Å². The second kappa shape index (κ2) is 4.08. The van der Waals surface area contributed by atoms with Gasteiger partial charge in [-0.3, -0.25) is 4.90 Å². The van der Waals surface area contributed by atoms with E-state index in [-0.39, 0.29) is 5.54 Å². The summed E-state index contributed by atoms with van der Waals surface area (Å²) in [7, 11) is 0. The number of thiophene rings is 1. The van der Waals surface area contributed by atoms with Crippen LogP contribution in [0.4, 0.5) is 0 Å². The molecule has 0 N–H and O–H groups in total. The Bertz CT molecular complexity index is 340. The predicted octanol–water partition coefficient (Wildman–Crippen LogP) is 4.34. The number of nitrogens with zero attached hydrogens (tertiary/aromatic N) is 1. The number of halogens is 1. The number of likely N-dealkylation sites (tertiary alicyclic amines) is 1. The monoisotopic (exact) mass is 243 g/mol. The molecule has 0 aliphatic carbocycles. The maximum Gasteiger partial charge on any atom is 0.0561 e. The number of hydrogen-bond acceptors (Lipinski definition) is 2. The van der Waals surface area contributed by atoms with E-state index in [1.807, 2.05) is 6.07 Å². The second-order valence-electron chi connectivity index (χ2n) is 5.16. The lowest BCUT2D eigenvalue weighted by Crippen LogP contribution is -2.40. The Morgan fingerprint density at radius 1 is 1.47 bits per heavy atom. The molecule has 3 heteroatoms. The van der Waals surface area contributed by atoms with Crippen LogP contribution < -0.4 is 0 Å².